The van der Waals surface area contributed by atoms with Crippen molar-refractivity contribution in [3.63, 3.8) is 0 Å². The quantitative estimate of drug-likeness (QED) is 0.858. The van der Waals surface area contributed by atoms with Crippen LogP contribution in [0.1, 0.15) is 44.7 Å². The molecule has 1 aromatic heterocycles. The molecule has 0 spiro atoms. The molecule has 1 unspecified atom stereocenters. The molecule has 0 aliphatic heterocycles. The zero-order chi connectivity index (χ0) is 14.9. The van der Waals surface area contributed by atoms with Gasteiger partial charge in [0.1, 0.15) is 0 Å². The van der Waals surface area contributed by atoms with Crippen LogP contribution in [0.5, 0.6) is 0 Å². The van der Waals surface area contributed by atoms with Crippen LogP contribution in [0.15, 0.2) is 24.4 Å². The fourth-order valence-electron chi connectivity index (χ4n) is 2.57. The maximum Gasteiger partial charge on any atom is 0.307 e. The van der Waals surface area contributed by atoms with Crippen LogP contribution in [0.3, 0.4) is 0 Å². The Hall–Kier alpha value is -1.77. The lowest BCUT2D eigenvalue weighted by atomic mass is 9.89. The number of aromatic amines is 1. The second-order valence-corrected chi connectivity index (χ2v) is 6.17. The first kappa shape index (κ1) is 14.6. The van der Waals surface area contributed by atoms with Crippen molar-refractivity contribution >= 4 is 16.9 Å². The van der Waals surface area contributed by atoms with E-state index in [1.54, 1.807) is 0 Å². The van der Waals surface area contributed by atoms with Crippen molar-refractivity contribution in [3.05, 3.63) is 35.5 Å². The highest BCUT2D eigenvalue weighted by Crippen LogP contribution is 2.27. The number of carboxylic acids is 1. The summed E-state index contributed by atoms with van der Waals surface area (Å²) in [6.45, 7) is 8.27. The molecule has 1 aromatic carbocycles. The summed E-state index contributed by atoms with van der Waals surface area (Å²) in [7, 11) is 0. The zero-order valence-corrected chi connectivity index (χ0v) is 12.6. The topological polar surface area (TPSA) is 53.1 Å². The van der Waals surface area contributed by atoms with Crippen molar-refractivity contribution in [1.29, 1.82) is 0 Å². The fraction of sp³-hybridized carbons (Fsp3) is 0.471. The molecule has 0 amide bonds. The Kier molecular flexibility index (Phi) is 4.17. The predicted octanol–water partition coefficient (Wildman–Crippen LogP) is 4.19. The fourth-order valence-corrected chi connectivity index (χ4v) is 2.57. The summed E-state index contributed by atoms with van der Waals surface area (Å²) in [6.07, 6.45) is 2.53. The number of fused-ring (bicyclic) bond motifs is 1. The van der Waals surface area contributed by atoms with Crippen LogP contribution in [-0.2, 0) is 11.2 Å². The SMILES string of the molecule is CC(C)c1ccc2[nH]cc(CC(C(=O)O)C(C)C)c2c1. The van der Waals surface area contributed by atoms with Crippen LogP contribution < -0.4 is 0 Å². The number of H-pyrrole nitrogens is 1. The van der Waals surface area contributed by atoms with Crippen LogP contribution in [0.4, 0.5) is 0 Å². The summed E-state index contributed by atoms with van der Waals surface area (Å²) in [5, 5.41) is 10.5. The molecule has 0 aliphatic carbocycles. The van der Waals surface area contributed by atoms with Gasteiger partial charge in [-0.2, -0.15) is 0 Å². The lowest BCUT2D eigenvalue weighted by Crippen LogP contribution is -2.21. The van der Waals surface area contributed by atoms with Crippen molar-refractivity contribution in [3.8, 4) is 0 Å². The Labute approximate surface area is 120 Å². The van der Waals surface area contributed by atoms with E-state index in [9.17, 15) is 9.90 Å². The zero-order valence-electron chi connectivity index (χ0n) is 12.6. The van der Waals surface area contributed by atoms with Crippen LogP contribution in [-0.4, -0.2) is 16.1 Å². The Morgan fingerprint density at radius 2 is 1.95 bits per heavy atom. The Morgan fingerprint density at radius 3 is 2.50 bits per heavy atom. The van der Waals surface area contributed by atoms with Crippen LogP contribution in [0.2, 0.25) is 0 Å². The van der Waals surface area contributed by atoms with Gasteiger partial charge >= 0.3 is 5.97 Å². The first-order chi connectivity index (χ1) is 9.40. The number of nitrogens with one attached hydrogen (secondary N) is 1. The van der Waals surface area contributed by atoms with Crippen LogP contribution in [0.25, 0.3) is 10.9 Å². The lowest BCUT2D eigenvalue weighted by molar-refractivity contribution is -0.143. The first-order valence-electron chi connectivity index (χ1n) is 7.23. The standard InChI is InChI=1S/C17H23NO2/c1-10(2)12-5-6-16-15(7-12)13(9-18-16)8-14(11(3)4)17(19)20/h5-7,9-11,14,18H,8H2,1-4H3,(H,19,20). The number of carboxylic acid groups (broad SMARTS) is 1. The van der Waals surface area contributed by atoms with Gasteiger partial charge in [-0.3, -0.25) is 4.79 Å². The Balaban J connectivity index is 2.39. The van der Waals surface area contributed by atoms with E-state index in [0.717, 1.165) is 16.5 Å². The van der Waals surface area contributed by atoms with Gasteiger partial charge in [-0.05, 0) is 41.5 Å². The highest BCUT2D eigenvalue weighted by Gasteiger charge is 2.23. The third-order valence-corrected chi connectivity index (χ3v) is 4.02. The van der Waals surface area contributed by atoms with Gasteiger partial charge in [-0.15, -0.1) is 0 Å². The third-order valence-electron chi connectivity index (χ3n) is 4.02. The monoisotopic (exact) mass is 273 g/mol. The molecule has 20 heavy (non-hydrogen) atoms. The molecule has 1 atom stereocenters. The van der Waals surface area contributed by atoms with E-state index < -0.39 is 5.97 Å². The van der Waals surface area contributed by atoms with Crippen LogP contribution >= 0.6 is 0 Å². The van der Waals surface area contributed by atoms with Gasteiger partial charge < -0.3 is 10.1 Å². The molecule has 2 aromatic rings. The Morgan fingerprint density at radius 1 is 1.25 bits per heavy atom. The number of carbonyl (C=O) groups is 1. The average molecular weight is 273 g/mol. The van der Waals surface area contributed by atoms with Crippen LogP contribution in [0, 0.1) is 11.8 Å². The smallest absolute Gasteiger partial charge is 0.307 e. The first-order valence-corrected chi connectivity index (χ1v) is 7.23. The molecule has 3 nitrogen and oxygen atoms in total. The van der Waals surface area contributed by atoms with Crippen molar-refractivity contribution in [1.82, 2.24) is 4.98 Å². The van der Waals surface area contributed by atoms with Gasteiger partial charge in [-0.1, -0.05) is 33.8 Å². The molecule has 108 valence electrons. The number of rotatable bonds is 5. The molecule has 0 saturated heterocycles. The number of hydrogen-bond acceptors (Lipinski definition) is 1. The maximum atomic E-state index is 11.4. The average Bonchev–Trinajstić information content (AvgIpc) is 2.77. The Bertz CT molecular complexity index is 610. The van der Waals surface area contributed by atoms with Crippen molar-refractivity contribution in [2.24, 2.45) is 11.8 Å². The highest BCUT2D eigenvalue weighted by atomic mass is 16.4. The molecule has 0 aliphatic rings. The molecule has 1 heterocycles. The van der Waals surface area contributed by atoms with E-state index in [-0.39, 0.29) is 11.8 Å². The second-order valence-electron chi connectivity index (χ2n) is 6.17. The van der Waals surface area contributed by atoms with Gasteiger partial charge in [0.25, 0.3) is 0 Å². The van der Waals surface area contributed by atoms with Crippen molar-refractivity contribution in [2.75, 3.05) is 0 Å². The van der Waals surface area contributed by atoms with E-state index in [0.29, 0.717) is 12.3 Å². The predicted molar refractivity (Wildman–Crippen MR) is 82.1 cm³/mol. The minimum atomic E-state index is -0.714. The van der Waals surface area contributed by atoms with E-state index in [4.69, 9.17) is 0 Å². The maximum absolute atomic E-state index is 11.4. The molecule has 3 heteroatoms. The lowest BCUT2D eigenvalue weighted by Gasteiger charge is -2.15. The number of benzene rings is 1. The molecule has 0 saturated carbocycles. The number of hydrogen-bond donors (Lipinski definition) is 2. The molecule has 2 N–H and O–H groups in total. The van der Waals surface area contributed by atoms with Gasteiger partial charge in [0.2, 0.25) is 0 Å². The van der Waals surface area contributed by atoms with Gasteiger partial charge in [-0.25, -0.2) is 0 Å². The van der Waals surface area contributed by atoms with Gasteiger partial charge in [0.15, 0.2) is 0 Å². The highest BCUT2D eigenvalue weighted by molar-refractivity contribution is 5.84. The summed E-state index contributed by atoms with van der Waals surface area (Å²) in [5.41, 5.74) is 3.47. The summed E-state index contributed by atoms with van der Waals surface area (Å²) in [5.74, 6) is -0.445. The normalized spacial score (nSPS) is 13.3. The molecular formula is C17H23NO2. The number of aliphatic carboxylic acids is 1. The van der Waals surface area contributed by atoms with Crippen molar-refractivity contribution in [2.45, 2.75) is 40.0 Å². The van der Waals surface area contributed by atoms with E-state index in [2.05, 4.69) is 37.0 Å². The van der Waals surface area contributed by atoms with Gasteiger partial charge in [0.05, 0.1) is 5.92 Å². The largest absolute Gasteiger partial charge is 0.481 e. The van der Waals surface area contributed by atoms with E-state index >= 15 is 0 Å². The molecular weight excluding hydrogens is 250 g/mol. The molecule has 2 rings (SSSR count). The minimum Gasteiger partial charge on any atom is -0.481 e. The van der Waals surface area contributed by atoms with E-state index in [1.165, 1.54) is 5.56 Å². The second kappa shape index (κ2) is 5.70. The summed E-state index contributed by atoms with van der Waals surface area (Å²) < 4.78 is 0. The summed E-state index contributed by atoms with van der Waals surface area (Å²) in [4.78, 5) is 14.6. The number of aromatic nitrogens is 1. The van der Waals surface area contributed by atoms with Crippen molar-refractivity contribution < 1.29 is 9.90 Å². The van der Waals surface area contributed by atoms with Gasteiger partial charge in [0, 0.05) is 17.1 Å². The summed E-state index contributed by atoms with van der Waals surface area (Å²) >= 11 is 0. The molecule has 0 bridgehead atoms. The third kappa shape index (κ3) is 2.87. The molecule has 0 fully saturated rings. The van der Waals surface area contributed by atoms with E-state index in [1.807, 2.05) is 20.0 Å². The molecule has 0 radical (unpaired) electrons. The summed E-state index contributed by atoms with van der Waals surface area (Å²) in [6, 6.07) is 6.40. The minimum absolute atomic E-state index is 0.130.